The molecule has 0 saturated heterocycles. The highest BCUT2D eigenvalue weighted by molar-refractivity contribution is 5.56. The van der Waals surface area contributed by atoms with Crippen molar-refractivity contribution in [1.82, 2.24) is 9.78 Å². The lowest BCUT2D eigenvalue weighted by Gasteiger charge is -2.14. The first kappa shape index (κ1) is 13.6. The number of rotatable bonds is 4. The Labute approximate surface area is 115 Å². The average Bonchev–Trinajstić information content (AvgIpc) is 2.82. The number of aromatic nitrogens is 2. The summed E-state index contributed by atoms with van der Waals surface area (Å²) in [6.45, 7) is 8.62. The van der Waals surface area contributed by atoms with Crippen LogP contribution < -0.4 is 0 Å². The van der Waals surface area contributed by atoms with Gasteiger partial charge in [0, 0.05) is 6.20 Å². The highest BCUT2D eigenvalue weighted by Crippen LogP contribution is 2.24. The molecular weight excluding hydrogens is 232 g/mol. The van der Waals surface area contributed by atoms with Gasteiger partial charge in [0.15, 0.2) is 0 Å². The molecule has 1 aromatic heterocycles. The molecule has 0 bridgehead atoms. The molecule has 1 heterocycles. The molecule has 2 heteroatoms. The van der Waals surface area contributed by atoms with Crippen molar-refractivity contribution >= 4 is 6.08 Å². The summed E-state index contributed by atoms with van der Waals surface area (Å²) in [5.41, 5.74) is 4.82. The summed E-state index contributed by atoms with van der Waals surface area (Å²) < 4.78 is 1.97. The fraction of sp³-hybridized carbons (Fsp3) is 0.353. The van der Waals surface area contributed by atoms with Crippen LogP contribution >= 0.6 is 0 Å². The van der Waals surface area contributed by atoms with Gasteiger partial charge in [0.2, 0.25) is 0 Å². The quantitative estimate of drug-likeness (QED) is 0.771. The van der Waals surface area contributed by atoms with Crippen LogP contribution in [0.2, 0.25) is 0 Å². The largest absolute Gasteiger partial charge is 0.240 e. The minimum atomic E-state index is 0.481. The van der Waals surface area contributed by atoms with Crippen molar-refractivity contribution in [3.8, 4) is 5.69 Å². The van der Waals surface area contributed by atoms with Crippen LogP contribution in [0.15, 0.2) is 36.5 Å². The number of allylic oxidation sites excluding steroid dienone is 1. The van der Waals surface area contributed by atoms with Crippen molar-refractivity contribution in [2.75, 3.05) is 0 Å². The van der Waals surface area contributed by atoms with E-state index in [-0.39, 0.29) is 0 Å². The van der Waals surface area contributed by atoms with Crippen LogP contribution in [0, 0.1) is 6.92 Å². The number of hydrogen-bond acceptors (Lipinski definition) is 1. The van der Waals surface area contributed by atoms with Crippen LogP contribution in [0.3, 0.4) is 0 Å². The molecule has 0 atom stereocenters. The Morgan fingerprint density at radius 1 is 1.26 bits per heavy atom. The molecule has 19 heavy (non-hydrogen) atoms. The van der Waals surface area contributed by atoms with Gasteiger partial charge in [0.1, 0.15) is 0 Å². The molecule has 0 aliphatic carbocycles. The standard InChI is InChI=1S/C17H22N2/c1-5-6-7-15-8-9-17(16(12-15)13(2)3)19-11-10-14(4)18-19/h6-13H,5H2,1-4H3/b7-6+. The summed E-state index contributed by atoms with van der Waals surface area (Å²) in [5.74, 6) is 0.481. The zero-order valence-corrected chi connectivity index (χ0v) is 12.2. The molecule has 0 aliphatic rings. The number of benzene rings is 1. The average molecular weight is 254 g/mol. The normalized spacial score (nSPS) is 11.6. The molecule has 0 unspecified atom stereocenters. The van der Waals surface area contributed by atoms with E-state index >= 15 is 0 Å². The second kappa shape index (κ2) is 5.87. The molecule has 0 saturated carbocycles. The first-order valence-electron chi connectivity index (χ1n) is 6.95. The highest BCUT2D eigenvalue weighted by atomic mass is 15.3. The van der Waals surface area contributed by atoms with Gasteiger partial charge in [-0.1, -0.05) is 39.0 Å². The molecule has 1 aromatic carbocycles. The highest BCUT2D eigenvalue weighted by Gasteiger charge is 2.09. The van der Waals surface area contributed by atoms with E-state index in [2.05, 4.69) is 56.2 Å². The van der Waals surface area contributed by atoms with Gasteiger partial charge in [-0.3, -0.25) is 0 Å². The van der Waals surface area contributed by atoms with Gasteiger partial charge in [-0.25, -0.2) is 4.68 Å². The van der Waals surface area contributed by atoms with Crippen molar-refractivity contribution in [3.05, 3.63) is 53.4 Å². The van der Waals surface area contributed by atoms with E-state index < -0.39 is 0 Å². The molecule has 0 N–H and O–H groups in total. The van der Waals surface area contributed by atoms with Gasteiger partial charge < -0.3 is 0 Å². The fourth-order valence-electron chi connectivity index (χ4n) is 2.15. The molecule has 100 valence electrons. The number of aryl methyl sites for hydroxylation is 1. The van der Waals surface area contributed by atoms with E-state index in [0.29, 0.717) is 5.92 Å². The predicted octanol–water partition coefficient (Wildman–Crippen LogP) is 4.73. The van der Waals surface area contributed by atoms with Crippen molar-refractivity contribution in [1.29, 1.82) is 0 Å². The first-order valence-corrected chi connectivity index (χ1v) is 6.95. The Hall–Kier alpha value is -1.83. The van der Waals surface area contributed by atoms with Crippen molar-refractivity contribution in [2.24, 2.45) is 0 Å². The number of hydrogen-bond donors (Lipinski definition) is 0. The van der Waals surface area contributed by atoms with Crippen molar-refractivity contribution in [2.45, 2.75) is 40.0 Å². The lowest BCUT2D eigenvalue weighted by molar-refractivity contribution is 0.802. The first-order chi connectivity index (χ1) is 9.11. The molecule has 0 amide bonds. The minimum absolute atomic E-state index is 0.481. The topological polar surface area (TPSA) is 17.8 Å². The van der Waals surface area contributed by atoms with Crippen LogP contribution in [0.1, 0.15) is 49.9 Å². The maximum Gasteiger partial charge on any atom is 0.0680 e. The SMILES string of the molecule is CC/C=C/c1ccc(-n2ccc(C)n2)c(C(C)C)c1. The van der Waals surface area contributed by atoms with E-state index in [0.717, 1.165) is 12.1 Å². The van der Waals surface area contributed by atoms with E-state index in [1.54, 1.807) is 0 Å². The third kappa shape index (κ3) is 3.14. The summed E-state index contributed by atoms with van der Waals surface area (Å²) in [4.78, 5) is 0. The van der Waals surface area contributed by atoms with Gasteiger partial charge in [0.25, 0.3) is 0 Å². The summed E-state index contributed by atoms with van der Waals surface area (Å²) in [6.07, 6.45) is 7.47. The minimum Gasteiger partial charge on any atom is -0.240 e. The van der Waals surface area contributed by atoms with Gasteiger partial charge in [-0.15, -0.1) is 0 Å². The van der Waals surface area contributed by atoms with E-state index in [1.165, 1.54) is 16.8 Å². The zero-order chi connectivity index (χ0) is 13.8. The molecule has 2 aromatic rings. The monoisotopic (exact) mass is 254 g/mol. The van der Waals surface area contributed by atoms with E-state index in [9.17, 15) is 0 Å². The zero-order valence-electron chi connectivity index (χ0n) is 12.2. The van der Waals surface area contributed by atoms with Crippen LogP contribution in [0.4, 0.5) is 0 Å². The molecule has 0 radical (unpaired) electrons. The lowest BCUT2D eigenvalue weighted by Crippen LogP contribution is -2.02. The molecule has 2 rings (SSSR count). The molecule has 0 fully saturated rings. The molecule has 0 spiro atoms. The Bertz CT molecular complexity index is 577. The number of nitrogens with zero attached hydrogens (tertiary/aromatic N) is 2. The summed E-state index contributed by atoms with van der Waals surface area (Å²) >= 11 is 0. The van der Waals surface area contributed by atoms with Gasteiger partial charge in [-0.2, -0.15) is 5.10 Å². The molecular formula is C17H22N2. The Morgan fingerprint density at radius 3 is 2.63 bits per heavy atom. The second-order valence-corrected chi connectivity index (χ2v) is 5.19. The second-order valence-electron chi connectivity index (χ2n) is 5.19. The van der Waals surface area contributed by atoms with Gasteiger partial charge >= 0.3 is 0 Å². The molecule has 0 aliphatic heterocycles. The smallest absolute Gasteiger partial charge is 0.0680 e. The van der Waals surface area contributed by atoms with Gasteiger partial charge in [0.05, 0.1) is 11.4 Å². The van der Waals surface area contributed by atoms with E-state index in [1.807, 2.05) is 23.9 Å². The maximum atomic E-state index is 4.51. The lowest BCUT2D eigenvalue weighted by atomic mass is 9.98. The Morgan fingerprint density at radius 2 is 2.05 bits per heavy atom. The summed E-state index contributed by atoms with van der Waals surface area (Å²) in [6, 6.07) is 8.62. The van der Waals surface area contributed by atoms with Crippen LogP contribution in [-0.4, -0.2) is 9.78 Å². The van der Waals surface area contributed by atoms with Crippen LogP contribution in [0.25, 0.3) is 11.8 Å². The van der Waals surface area contributed by atoms with Crippen molar-refractivity contribution in [3.63, 3.8) is 0 Å². The molecule has 2 nitrogen and oxygen atoms in total. The summed E-state index contributed by atoms with van der Waals surface area (Å²) in [5, 5.41) is 4.51. The third-order valence-electron chi connectivity index (χ3n) is 3.19. The third-order valence-corrected chi connectivity index (χ3v) is 3.19. The van der Waals surface area contributed by atoms with Crippen molar-refractivity contribution < 1.29 is 0 Å². The maximum absolute atomic E-state index is 4.51. The summed E-state index contributed by atoms with van der Waals surface area (Å²) in [7, 11) is 0. The fourth-order valence-corrected chi connectivity index (χ4v) is 2.15. The van der Waals surface area contributed by atoms with E-state index in [4.69, 9.17) is 0 Å². The van der Waals surface area contributed by atoms with Crippen LogP contribution in [-0.2, 0) is 0 Å². The predicted molar refractivity (Wildman–Crippen MR) is 81.7 cm³/mol. The Balaban J connectivity index is 2.46. The van der Waals surface area contributed by atoms with Crippen LogP contribution in [0.5, 0.6) is 0 Å². The Kier molecular flexibility index (Phi) is 4.20. The van der Waals surface area contributed by atoms with Gasteiger partial charge in [-0.05, 0) is 48.6 Å².